The lowest BCUT2D eigenvalue weighted by molar-refractivity contribution is -0.133. The normalized spacial score (nSPS) is 12.0. The first-order valence-electron chi connectivity index (χ1n) is 10.5. The van der Waals surface area contributed by atoms with Crippen molar-refractivity contribution in [1.29, 1.82) is 0 Å². The molecule has 3 aromatic carbocycles. The molecular formula is C27H28N2O2. The van der Waals surface area contributed by atoms with Crippen molar-refractivity contribution in [1.82, 2.24) is 9.88 Å². The third-order valence-corrected chi connectivity index (χ3v) is 5.93. The lowest BCUT2D eigenvalue weighted by Crippen LogP contribution is -2.35. The van der Waals surface area contributed by atoms with Crippen LogP contribution in [-0.2, 0) is 4.79 Å². The summed E-state index contributed by atoms with van der Waals surface area (Å²) >= 11 is 0. The number of rotatable bonds is 6. The minimum atomic E-state index is -0.215. The summed E-state index contributed by atoms with van der Waals surface area (Å²) in [4.78, 5) is 18.3. The van der Waals surface area contributed by atoms with Gasteiger partial charge in [-0.2, -0.15) is 0 Å². The summed E-state index contributed by atoms with van der Waals surface area (Å²) in [5, 5.41) is 1.11. The first kappa shape index (κ1) is 20.7. The number of carbonyl (C=O) groups is 1. The molecule has 0 unspecified atom stereocenters. The van der Waals surface area contributed by atoms with Gasteiger partial charge in [-0.15, -0.1) is 0 Å². The Bertz CT molecular complexity index is 1210. The summed E-state index contributed by atoms with van der Waals surface area (Å²) in [7, 11) is 1.85. The van der Waals surface area contributed by atoms with Crippen LogP contribution in [0, 0.1) is 20.8 Å². The summed E-state index contributed by atoms with van der Waals surface area (Å²) < 4.78 is 5.84. The van der Waals surface area contributed by atoms with E-state index in [-0.39, 0.29) is 18.6 Å². The van der Waals surface area contributed by atoms with E-state index in [1.165, 1.54) is 11.1 Å². The van der Waals surface area contributed by atoms with Gasteiger partial charge < -0.3 is 14.6 Å². The molecule has 1 atom stereocenters. The molecule has 4 rings (SSSR count). The van der Waals surface area contributed by atoms with Crippen molar-refractivity contribution in [2.45, 2.75) is 26.8 Å². The van der Waals surface area contributed by atoms with Crippen molar-refractivity contribution < 1.29 is 9.53 Å². The number of ether oxygens (including phenoxy) is 1. The number of aromatic amines is 1. The van der Waals surface area contributed by atoms with Crippen LogP contribution in [-0.4, -0.2) is 29.4 Å². The standard InChI is InChI=1S/C27H28N2O2/c1-18-9-12-21(13-10-18)27(24-16-28-25-8-6-5-7-23(24)25)29(4)26(30)17-31-22-14-11-19(2)20(3)15-22/h5-16,27-28H,17H2,1-4H3/t27-/m0/s1. The Balaban J connectivity index is 1.63. The molecule has 0 aliphatic heterocycles. The number of fused-ring (bicyclic) bond motifs is 1. The molecule has 4 heteroatoms. The highest BCUT2D eigenvalue weighted by atomic mass is 16.5. The van der Waals surface area contributed by atoms with E-state index < -0.39 is 0 Å². The highest BCUT2D eigenvalue weighted by Gasteiger charge is 2.26. The summed E-state index contributed by atoms with van der Waals surface area (Å²) in [6, 6.07) is 22.2. The number of para-hydroxylation sites is 1. The topological polar surface area (TPSA) is 45.3 Å². The van der Waals surface area contributed by atoms with Crippen LogP contribution in [0.25, 0.3) is 10.9 Å². The number of benzene rings is 3. The molecular weight excluding hydrogens is 384 g/mol. The Hall–Kier alpha value is -3.53. The van der Waals surface area contributed by atoms with Crippen molar-refractivity contribution in [3.63, 3.8) is 0 Å². The van der Waals surface area contributed by atoms with Crippen LogP contribution in [0.15, 0.2) is 72.9 Å². The van der Waals surface area contributed by atoms with Crippen molar-refractivity contribution in [2.75, 3.05) is 13.7 Å². The third-order valence-electron chi connectivity index (χ3n) is 5.93. The number of amides is 1. The smallest absolute Gasteiger partial charge is 0.261 e. The average molecular weight is 413 g/mol. The Labute approximate surface area is 183 Å². The zero-order valence-corrected chi connectivity index (χ0v) is 18.5. The maximum absolute atomic E-state index is 13.2. The van der Waals surface area contributed by atoms with E-state index in [0.717, 1.165) is 27.6 Å². The Morgan fingerprint density at radius 2 is 1.71 bits per heavy atom. The minimum absolute atomic E-state index is 0.0102. The molecule has 1 amide bonds. The Morgan fingerprint density at radius 3 is 2.45 bits per heavy atom. The van der Waals surface area contributed by atoms with Crippen molar-refractivity contribution in [3.05, 3.63) is 101 Å². The van der Waals surface area contributed by atoms with Crippen LogP contribution in [0.2, 0.25) is 0 Å². The Morgan fingerprint density at radius 1 is 0.968 bits per heavy atom. The highest BCUT2D eigenvalue weighted by Crippen LogP contribution is 2.33. The predicted octanol–water partition coefficient (Wildman–Crippen LogP) is 5.72. The van der Waals surface area contributed by atoms with Gasteiger partial charge in [0.2, 0.25) is 0 Å². The van der Waals surface area contributed by atoms with E-state index in [2.05, 4.69) is 55.2 Å². The van der Waals surface area contributed by atoms with E-state index >= 15 is 0 Å². The van der Waals surface area contributed by atoms with Gasteiger partial charge in [0.05, 0.1) is 6.04 Å². The molecule has 0 aliphatic rings. The number of aryl methyl sites for hydroxylation is 3. The van der Waals surface area contributed by atoms with E-state index in [9.17, 15) is 4.79 Å². The number of hydrogen-bond acceptors (Lipinski definition) is 2. The quantitative estimate of drug-likeness (QED) is 0.440. The lowest BCUT2D eigenvalue weighted by atomic mass is 9.96. The summed E-state index contributed by atoms with van der Waals surface area (Å²) in [6.07, 6.45) is 2.00. The fourth-order valence-electron chi connectivity index (χ4n) is 3.88. The summed E-state index contributed by atoms with van der Waals surface area (Å²) in [6.45, 7) is 6.16. The van der Waals surface area contributed by atoms with Gasteiger partial charge in [0.1, 0.15) is 5.75 Å². The van der Waals surface area contributed by atoms with Crippen molar-refractivity contribution in [2.24, 2.45) is 0 Å². The fraction of sp³-hybridized carbons (Fsp3) is 0.222. The monoisotopic (exact) mass is 412 g/mol. The second-order valence-electron chi connectivity index (χ2n) is 8.14. The largest absolute Gasteiger partial charge is 0.484 e. The molecule has 1 heterocycles. The first-order chi connectivity index (χ1) is 14.9. The number of H-pyrrole nitrogens is 1. The minimum Gasteiger partial charge on any atom is -0.484 e. The van der Waals surface area contributed by atoms with E-state index in [0.29, 0.717) is 5.75 Å². The van der Waals surface area contributed by atoms with E-state index in [4.69, 9.17) is 4.74 Å². The maximum Gasteiger partial charge on any atom is 0.261 e. The van der Waals surface area contributed by atoms with Crippen LogP contribution < -0.4 is 4.74 Å². The van der Waals surface area contributed by atoms with Crippen LogP contribution in [0.3, 0.4) is 0 Å². The van der Waals surface area contributed by atoms with Crippen molar-refractivity contribution >= 4 is 16.8 Å². The zero-order chi connectivity index (χ0) is 22.0. The molecule has 0 radical (unpaired) electrons. The fourth-order valence-corrected chi connectivity index (χ4v) is 3.88. The lowest BCUT2D eigenvalue weighted by Gasteiger charge is -2.29. The van der Waals surface area contributed by atoms with Gasteiger partial charge in [0.25, 0.3) is 5.91 Å². The number of hydrogen-bond donors (Lipinski definition) is 1. The molecule has 0 fully saturated rings. The van der Waals surface area contributed by atoms with Crippen LogP contribution in [0.4, 0.5) is 0 Å². The molecule has 0 spiro atoms. The van der Waals surface area contributed by atoms with E-state index in [1.54, 1.807) is 4.90 Å². The molecule has 0 saturated carbocycles. The second kappa shape index (κ2) is 8.68. The molecule has 31 heavy (non-hydrogen) atoms. The average Bonchev–Trinajstić information content (AvgIpc) is 3.19. The van der Waals surface area contributed by atoms with Crippen molar-refractivity contribution in [3.8, 4) is 5.75 Å². The molecule has 158 valence electrons. The van der Waals surface area contributed by atoms with Gasteiger partial charge in [0.15, 0.2) is 6.61 Å². The molecule has 0 saturated heterocycles. The van der Waals surface area contributed by atoms with Gasteiger partial charge in [-0.05, 0) is 55.7 Å². The van der Waals surface area contributed by atoms with Gasteiger partial charge in [-0.3, -0.25) is 4.79 Å². The third kappa shape index (κ3) is 4.33. The highest BCUT2D eigenvalue weighted by molar-refractivity contribution is 5.85. The van der Waals surface area contributed by atoms with Gasteiger partial charge in [0, 0.05) is 29.7 Å². The molecule has 0 aliphatic carbocycles. The zero-order valence-electron chi connectivity index (χ0n) is 18.5. The van der Waals surface area contributed by atoms with Gasteiger partial charge in [-0.25, -0.2) is 0 Å². The number of aromatic nitrogens is 1. The van der Waals surface area contributed by atoms with Crippen LogP contribution in [0.5, 0.6) is 5.75 Å². The number of nitrogens with one attached hydrogen (secondary N) is 1. The van der Waals surface area contributed by atoms with E-state index in [1.807, 2.05) is 50.5 Å². The van der Waals surface area contributed by atoms with Crippen LogP contribution >= 0.6 is 0 Å². The molecule has 0 bridgehead atoms. The van der Waals surface area contributed by atoms with Gasteiger partial charge >= 0.3 is 0 Å². The molecule has 1 N–H and O–H groups in total. The number of carbonyl (C=O) groups excluding carboxylic acids is 1. The number of nitrogens with zero attached hydrogens (tertiary/aromatic N) is 1. The second-order valence-corrected chi connectivity index (χ2v) is 8.14. The molecule has 1 aromatic heterocycles. The number of likely N-dealkylation sites (N-methyl/N-ethyl adjacent to an activating group) is 1. The molecule has 4 nitrogen and oxygen atoms in total. The van der Waals surface area contributed by atoms with Gasteiger partial charge in [-0.1, -0.05) is 54.1 Å². The summed E-state index contributed by atoms with van der Waals surface area (Å²) in [5.74, 6) is 0.637. The summed E-state index contributed by atoms with van der Waals surface area (Å²) in [5.41, 5.74) is 6.73. The maximum atomic E-state index is 13.2. The molecule has 4 aromatic rings. The SMILES string of the molecule is Cc1ccc([C@@H](c2c[nH]c3ccccc23)N(C)C(=O)COc2ccc(C)c(C)c2)cc1. The first-order valence-corrected chi connectivity index (χ1v) is 10.5. The van der Waals surface area contributed by atoms with Crippen LogP contribution in [0.1, 0.15) is 33.9 Å². The predicted molar refractivity (Wildman–Crippen MR) is 126 cm³/mol. The Kier molecular flexibility index (Phi) is 5.81.